The van der Waals surface area contributed by atoms with E-state index in [9.17, 15) is 13.6 Å². The lowest BCUT2D eigenvalue weighted by atomic mass is 10.1. The van der Waals surface area contributed by atoms with E-state index in [0.29, 0.717) is 17.7 Å². The molecular formula is C16H15F2NO2. The Balaban J connectivity index is 2.05. The summed E-state index contributed by atoms with van der Waals surface area (Å²) in [5.74, 6) is -2.38. The van der Waals surface area contributed by atoms with Gasteiger partial charge in [0.2, 0.25) is 0 Å². The van der Waals surface area contributed by atoms with Crippen LogP contribution in [-0.2, 0) is 6.54 Å². The Hall–Kier alpha value is -2.27. The van der Waals surface area contributed by atoms with Crippen LogP contribution >= 0.6 is 0 Å². The molecule has 0 aromatic heterocycles. The SMILES string of the molecule is CC(NCc1ccc(C(=O)O)c(F)c1)c1ccccc1F. The summed E-state index contributed by atoms with van der Waals surface area (Å²) in [6.45, 7) is 2.12. The molecular weight excluding hydrogens is 276 g/mol. The van der Waals surface area contributed by atoms with Crippen LogP contribution in [-0.4, -0.2) is 11.1 Å². The molecule has 0 heterocycles. The van der Waals surface area contributed by atoms with Crippen molar-refractivity contribution in [2.24, 2.45) is 0 Å². The molecule has 2 N–H and O–H groups in total. The highest BCUT2D eigenvalue weighted by Gasteiger charge is 2.12. The number of hydrogen-bond donors (Lipinski definition) is 2. The smallest absolute Gasteiger partial charge is 0.338 e. The number of nitrogens with one attached hydrogen (secondary N) is 1. The standard InChI is InChI=1S/C16H15F2NO2/c1-10(12-4-2-3-5-14(12)17)19-9-11-6-7-13(16(20)21)15(18)8-11/h2-8,10,19H,9H2,1H3,(H,20,21). The van der Waals surface area contributed by atoms with Crippen LogP contribution in [0.4, 0.5) is 8.78 Å². The normalized spacial score (nSPS) is 12.1. The Morgan fingerprint density at radius 1 is 1.19 bits per heavy atom. The summed E-state index contributed by atoms with van der Waals surface area (Å²) in [6.07, 6.45) is 0. The number of aromatic carboxylic acids is 1. The van der Waals surface area contributed by atoms with E-state index in [1.165, 1.54) is 24.3 Å². The van der Waals surface area contributed by atoms with E-state index >= 15 is 0 Å². The van der Waals surface area contributed by atoms with Gasteiger partial charge < -0.3 is 10.4 Å². The van der Waals surface area contributed by atoms with Crippen molar-refractivity contribution in [1.82, 2.24) is 5.32 Å². The molecule has 0 bridgehead atoms. The van der Waals surface area contributed by atoms with Crippen LogP contribution in [0.1, 0.15) is 34.5 Å². The molecule has 3 nitrogen and oxygen atoms in total. The van der Waals surface area contributed by atoms with E-state index in [0.717, 1.165) is 0 Å². The van der Waals surface area contributed by atoms with Crippen LogP contribution in [0.15, 0.2) is 42.5 Å². The molecule has 2 rings (SSSR count). The molecule has 0 fully saturated rings. The predicted molar refractivity (Wildman–Crippen MR) is 75.0 cm³/mol. The van der Waals surface area contributed by atoms with Crippen molar-refractivity contribution in [1.29, 1.82) is 0 Å². The molecule has 110 valence electrons. The van der Waals surface area contributed by atoms with Crippen LogP contribution in [0.2, 0.25) is 0 Å². The van der Waals surface area contributed by atoms with Gasteiger partial charge in [0.15, 0.2) is 0 Å². The fraction of sp³-hybridized carbons (Fsp3) is 0.188. The molecule has 0 saturated heterocycles. The summed E-state index contributed by atoms with van der Waals surface area (Å²) in [5, 5.41) is 11.8. The third-order valence-electron chi connectivity index (χ3n) is 3.25. The monoisotopic (exact) mass is 291 g/mol. The summed E-state index contributed by atoms with van der Waals surface area (Å²) < 4.78 is 27.2. The summed E-state index contributed by atoms with van der Waals surface area (Å²) in [5.41, 5.74) is 0.765. The third kappa shape index (κ3) is 3.64. The zero-order valence-corrected chi connectivity index (χ0v) is 11.4. The second-order valence-corrected chi connectivity index (χ2v) is 4.74. The lowest BCUT2D eigenvalue weighted by Crippen LogP contribution is -2.19. The molecule has 0 aliphatic carbocycles. The molecule has 21 heavy (non-hydrogen) atoms. The molecule has 0 saturated carbocycles. The quantitative estimate of drug-likeness (QED) is 0.886. The van der Waals surface area contributed by atoms with Gasteiger partial charge in [0.05, 0.1) is 5.56 Å². The van der Waals surface area contributed by atoms with Crippen LogP contribution in [0.5, 0.6) is 0 Å². The summed E-state index contributed by atoms with van der Waals surface area (Å²) in [7, 11) is 0. The van der Waals surface area contributed by atoms with Gasteiger partial charge in [-0.25, -0.2) is 13.6 Å². The van der Waals surface area contributed by atoms with Gasteiger partial charge in [-0.15, -0.1) is 0 Å². The molecule has 5 heteroatoms. The Bertz CT molecular complexity index is 658. The van der Waals surface area contributed by atoms with E-state index in [-0.39, 0.29) is 17.4 Å². The van der Waals surface area contributed by atoms with Crippen LogP contribution < -0.4 is 5.32 Å². The Kier molecular flexibility index (Phi) is 4.65. The van der Waals surface area contributed by atoms with E-state index < -0.39 is 11.8 Å². The largest absolute Gasteiger partial charge is 0.478 e. The predicted octanol–water partition coefficient (Wildman–Crippen LogP) is 3.51. The van der Waals surface area contributed by atoms with Gasteiger partial charge in [-0.05, 0) is 30.7 Å². The van der Waals surface area contributed by atoms with Crippen molar-refractivity contribution < 1.29 is 18.7 Å². The topological polar surface area (TPSA) is 49.3 Å². The van der Waals surface area contributed by atoms with E-state index in [4.69, 9.17) is 5.11 Å². The maximum absolute atomic E-state index is 13.6. The van der Waals surface area contributed by atoms with Gasteiger partial charge in [0.25, 0.3) is 0 Å². The fourth-order valence-corrected chi connectivity index (χ4v) is 2.05. The molecule has 0 amide bonds. The highest BCUT2D eigenvalue weighted by molar-refractivity contribution is 5.87. The Morgan fingerprint density at radius 3 is 2.52 bits per heavy atom. The second kappa shape index (κ2) is 6.45. The number of benzene rings is 2. The van der Waals surface area contributed by atoms with Crippen molar-refractivity contribution in [3.05, 3.63) is 70.8 Å². The van der Waals surface area contributed by atoms with Crippen LogP contribution in [0.3, 0.4) is 0 Å². The maximum atomic E-state index is 13.6. The fourth-order valence-electron chi connectivity index (χ4n) is 2.05. The summed E-state index contributed by atoms with van der Waals surface area (Å²) >= 11 is 0. The van der Waals surface area contributed by atoms with Crippen molar-refractivity contribution >= 4 is 5.97 Å². The van der Waals surface area contributed by atoms with Crippen molar-refractivity contribution in [2.75, 3.05) is 0 Å². The summed E-state index contributed by atoms with van der Waals surface area (Å²) in [6, 6.07) is 10.1. The highest BCUT2D eigenvalue weighted by Crippen LogP contribution is 2.17. The first-order chi connectivity index (χ1) is 9.99. The average molecular weight is 291 g/mol. The molecule has 2 aromatic carbocycles. The number of hydrogen-bond acceptors (Lipinski definition) is 2. The number of carboxylic acid groups (broad SMARTS) is 1. The zero-order chi connectivity index (χ0) is 15.4. The van der Waals surface area contributed by atoms with Crippen LogP contribution in [0.25, 0.3) is 0 Å². The van der Waals surface area contributed by atoms with Gasteiger partial charge in [-0.2, -0.15) is 0 Å². The minimum absolute atomic E-state index is 0.242. The van der Waals surface area contributed by atoms with E-state index in [2.05, 4.69) is 5.32 Å². The third-order valence-corrected chi connectivity index (χ3v) is 3.25. The molecule has 0 aliphatic heterocycles. The lowest BCUT2D eigenvalue weighted by Gasteiger charge is -2.15. The van der Waals surface area contributed by atoms with Gasteiger partial charge >= 0.3 is 5.97 Å². The summed E-state index contributed by atoms with van der Waals surface area (Å²) in [4.78, 5) is 10.7. The van der Waals surface area contributed by atoms with Gasteiger partial charge in [0, 0.05) is 18.2 Å². The molecule has 0 radical (unpaired) electrons. The first kappa shape index (κ1) is 15.1. The Morgan fingerprint density at radius 2 is 1.90 bits per heavy atom. The number of carboxylic acids is 1. The van der Waals surface area contributed by atoms with E-state index in [1.807, 2.05) is 0 Å². The minimum Gasteiger partial charge on any atom is -0.478 e. The molecule has 0 aliphatic rings. The van der Waals surface area contributed by atoms with Crippen LogP contribution in [0, 0.1) is 11.6 Å². The first-order valence-corrected chi connectivity index (χ1v) is 6.48. The lowest BCUT2D eigenvalue weighted by molar-refractivity contribution is 0.0692. The molecule has 1 atom stereocenters. The zero-order valence-electron chi connectivity index (χ0n) is 11.4. The number of carbonyl (C=O) groups is 1. The molecule has 2 aromatic rings. The van der Waals surface area contributed by atoms with Gasteiger partial charge in [-0.3, -0.25) is 0 Å². The second-order valence-electron chi connectivity index (χ2n) is 4.74. The van der Waals surface area contributed by atoms with Crippen molar-refractivity contribution in [3.63, 3.8) is 0 Å². The van der Waals surface area contributed by atoms with Gasteiger partial charge in [-0.1, -0.05) is 24.3 Å². The Labute approximate surface area is 121 Å². The van der Waals surface area contributed by atoms with E-state index in [1.54, 1.807) is 25.1 Å². The maximum Gasteiger partial charge on any atom is 0.338 e. The average Bonchev–Trinajstić information content (AvgIpc) is 2.45. The minimum atomic E-state index is -1.30. The van der Waals surface area contributed by atoms with Crippen molar-refractivity contribution in [2.45, 2.75) is 19.5 Å². The number of halogens is 2. The molecule has 0 spiro atoms. The highest BCUT2D eigenvalue weighted by atomic mass is 19.1. The van der Waals surface area contributed by atoms with Gasteiger partial charge in [0.1, 0.15) is 11.6 Å². The van der Waals surface area contributed by atoms with Crippen molar-refractivity contribution in [3.8, 4) is 0 Å². The first-order valence-electron chi connectivity index (χ1n) is 6.48. The number of rotatable bonds is 5. The molecule has 1 unspecified atom stereocenters.